The zero-order valence-electron chi connectivity index (χ0n) is 19.5. The number of carboxylic acids is 2. The molecule has 1 amide bonds. The average Bonchev–Trinajstić information content (AvgIpc) is 3.57. The van der Waals surface area contributed by atoms with Crippen LogP contribution in [0.1, 0.15) is 55.5 Å². The standard InChI is InChI=1S/C19H27N3O2S.C4H6O6/c23-18(13-6-7-13)22-9-2-5-15(11-22)24-19-20-16-8-10-21(12-17(16)25-19)14-3-1-4-14;5-1(3(7)8)2(6)4(9)10/h13-15H,1-12H2;1-2,5-6H,(H,7,8)(H,9,10). The van der Waals surface area contributed by atoms with E-state index in [4.69, 9.17) is 30.1 Å². The fraction of sp³-hybridized carbons (Fsp3) is 0.739. The first-order valence-electron chi connectivity index (χ1n) is 12.2. The molecule has 4 N–H and O–H groups in total. The van der Waals surface area contributed by atoms with Crippen molar-refractivity contribution in [1.82, 2.24) is 14.8 Å². The molecule has 0 aromatic carbocycles. The van der Waals surface area contributed by atoms with E-state index in [-0.39, 0.29) is 6.10 Å². The Bertz CT molecular complexity index is 914. The normalized spacial score (nSPS) is 24.3. The number of carboxylic acid groups (broad SMARTS) is 2. The van der Waals surface area contributed by atoms with Crippen LogP contribution in [0.3, 0.4) is 0 Å². The van der Waals surface area contributed by atoms with Crippen LogP contribution in [0.2, 0.25) is 0 Å². The molecular formula is C23H33N3O8S. The SMILES string of the molecule is O=C(C1CC1)N1CCCC(Oc2nc3c(s2)CN(C2CCC2)CC3)C1.O=C(O)C(O)C(O)C(=O)O. The van der Waals surface area contributed by atoms with Crippen molar-refractivity contribution in [2.75, 3.05) is 19.6 Å². The molecule has 35 heavy (non-hydrogen) atoms. The smallest absolute Gasteiger partial charge is 0.335 e. The molecule has 0 bridgehead atoms. The van der Waals surface area contributed by atoms with Gasteiger partial charge in [-0.25, -0.2) is 14.6 Å². The number of aliphatic hydroxyl groups excluding tert-OH is 2. The first kappa shape index (κ1) is 25.8. The summed E-state index contributed by atoms with van der Waals surface area (Å²) in [4.78, 5) is 42.7. The second-order valence-electron chi connectivity index (χ2n) is 9.66. The fourth-order valence-electron chi connectivity index (χ4n) is 4.54. The Kier molecular flexibility index (Phi) is 8.25. The molecule has 2 aliphatic heterocycles. The molecule has 3 heterocycles. The minimum Gasteiger partial charge on any atom is -0.479 e. The van der Waals surface area contributed by atoms with Crippen molar-refractivity contribution in [3.05, 3.63) is 10.6 Å². The maximum atomic E-state index is 12.3. The molecule has 5 rings (SSSR count). The number of carbonyl (C=O) groups excluding carboxylic acids is 1. The van der Waals surface area contributed by atoms with Crippen molar-refractivity contribution in [3.8, 4) is 5.19 Å². The Morgan fingerprint density at radius 2 is 1.66 bits per heavy atom. The summed E-state index contributed by atoms with van der Waals surface area (Å²) in [5, 5.41) is 33.4. The quantitative estimate of drug-likeness (QED) is 0.410. The van der Waals surface area contributed by atoms with E-state index in [1.807, 2.05) is 4.90 Å². The number of amides is 1. The number of hydrogen-bond donors (Lipinski definition) is 4. The molecule has 4 aliphatic rings. The molecule has 1 saturated heterocycles. The number of aromatic nitrogens is 1. The van der Waals surface area contributed by atoms with Gasteiger partial charge in [0.1, 0.15) is 6.10 Å². The molecule has 3 atom stereocenters. The van der Waals surface area contributed by atoms with Gasteiger partial charge in [0.15, 0.2) is 12.2 Å². The van der Waals surface area contributed by atoms with E-state index in [1.165, 1.54) is 29.8 Å². The first-order valence-corrected chi connectivity index (χ1v) is 13.0. The molecule has 0 spiro atoms. The van der Waals surface area contributed by atoms with Gasteiger partial charge in [-0.1, -0.05) is 17.8 Å². The number of nitrogens with zero attached hydrogens (tertiary/aromatic N) is 3. The second-order valence-corrected chi connectivity index (χ2v) is 10.7. The molecule has 3 fully saturated rings. The van der Waals surface area contributed by atoms with E-state index >= 15 is 0 Å². The third-order valence-electron chi connectivity index (χ3n) is 7.02. The summed E-state index contributed by atoms with van der Waals surface area (Å²) >= 11 is 1.73. The maximum absolute atomic E-state index is 12.3. The van der Waals surface area contributed by atoms with Gasteiger partial charge >= 0.3 is 11.9 Å². The lowest BCUT2D eigenvalue weighted by Crippen LogP contribution is -2.45. The largest absolute Gasteiger partial charge is 0.479 e. The summed E-state index contributed by atoms with van der Waals surface area (Å²) in [6, 6.07) is 0.806. The monoisotopic (exact) mass is 511 g/mol. The van der Waals surface area contributed by atoms with E-state index < -0.39 is 24.1 Å². The van der Waals surface area contributed by atoms with Crippen molar-refractivity contribution in [1.29, 1.82) is 0 Å². The van der Waals surface area contributed by atoms with Gasteiger partial charge < -0.3 is 30.1 Å². The number of piperidine rings is 1. The van der Waals surface area contributed by atoms with Gasteiger partial charge in [0.2, 0.25) is 5.91 Å². The van der Waals surface area contributed by atoms with Crippen LogP contribution in [0.15, 0.2) is 0 Å². The van der Waals surface area contributed by atoms with Crippen LogP contribution in [0, 0.1) is 5.92 Å². The lowest BCUT2D eigenvalue weighted by atomic mass is 9.90. The van der Waals surface area contributed by atoms with Crippen molar-refractivity contribution < 1.29 is 39.5 Å². The number of thiazole rings is 1. The van der Waals surface area contributed by atoms with E-state index in [0.29, 0.717) is 11.8 Å². The molecule has 2 saturated carbocycles. The fourth-order valence-corrected chi connectivity index (χ4v) is 5.59. The Hall–Kier alpha value is -2.28. The third-order valence-corrected chi connectivity index (χ3v) is 7.99. The lowest BCUT2D eigenvalue weighted by Gasteiger charge is -2.39. The van der Waals surface area contributed by atoms with Crippen molar-refractivity contribution >= 4 is 29.2 Å². The summed E-state index contributed by atoms with van der Waals surface area (Å²) in [5.41, 5.74) is 1.25. The van der Waals surface area contributed by atoms with E-state index in [0.717, 1.165) is 69.5 Å². The topological polar surface area (TPSA) is 161 Å². The van der Waals surface area contributed by atoms with Crippen molar-refractivity contribution in [2.45, 2.75) is 82.3 Å². The van der Waals surface area contributed by atoms with Crippen molar-refractivity contribution in [3.63, 3.8) is 0 Å². The van der Waals surface area contributed by atoms with Gasteiger partial charge in [-0.3, -0.25) is 9.69 Å². The highest BCUT2D eigenvalue weighted by Crippen LogP contribution is 2.36. The van der Waals surface area contributed by atoms with Crippen LogP contribution < -0.4 is 4.74 Å². The van der Waals surface area contributed by atoms with Gasteiger partial charge in [-0.15, -0.1) is 0 Å². The van der Waals surface area contributed by atoms with Gasteiger partial charge in [0.05, 0.1) is 12.2 Å². The molecular weight excluding hydrogens is 478 g/mol. The summed E-state index contributed by atoms with van der Waals surface area (Å²) in [7, 11) is 0. The van der Waals surface area contributed by atoms with Gasteiger partial charge in [-0.05, 0) is 38.5 Å². The number of aliphatic carboxylic acids is 2. The molecule has 2 aliphatic carbocycles. The summed E-state index contributed by atoms with van der Waals surface area (Å²) in [6.45, 7) is 3.85. The molecule has 0 radical (unpaired) electrons. The lowest BCUT2D eigenvalue weighted by molar-refractivity contribution is -0.165. The number of ether oxygens (including phenoxy) is 1. The predicted molar refractivity (Wildman–Crippen MR) is 124 cm³/mol. The van der Waals surface area contributed by atoms with Crippen LogP contribution >= 0.6 is 11.3 Å². The van der Waals surface area contributed by atoms with E-state index in [1.54, 1.807) is 11.3 Å². The molecule has 1 aromatic rings. The molecule has 12 heteroatoms. The first-order chi connectivity index (χ1) is 16.7. The second kappa shape index (κ2) is 11.2. The van der Waals surface area contributed by atoms with Crippen LogP contribution in [0.25, 0.3) is 0 Å². The summed E-state index contributed by atoms with van der Waals surface area (Å²) in [6.07, 6.45) is 5.01. The van der Waals surface area contributed by atoms with E-state index in [2.05, 4.69) is 4.90 Å². The molecule has 194 valence electrons. The molecule has 11 nitrogen and oxygen atoms in total. The zero-order chi connectivity index (χ0) is 25.1. The van der Waals surface area contributed by atoms with Crippen LogP contribution in [-0.4, -0.2) is 97.0 Å². The van der Waals surface area contributed by atoms with Gasteiger partial charge in [-0.2, -0.15) is 0 Å². The van der Waals surface area contributed by atoms with E-state index in [9.17, 15) is 14.4 Å². The number of fused-ring (bicyclic) bond motifs is 1. The van der Waals surface area contributed by atoms with Gasteiger partial charge in [0, 0.05) is 42.9 Å². The Morgan fingerprint density at radius 1 is 0.971 bits per heavy atom. The number of likely N-dealkylation sites (tertiary alicyclic amines) is 1. The Labute approximate surface area is 207 Å². The highest BCUT2D eigenvalue weighted by Gasteiger charge is 2.36. The summed E-state index contributed by atoms with van der Waals surface area (Å²) in [5.74, 6) is -2.88. The summed E-state index contributed by atoms with van der Waals surface area (Å²) < 4.78 is 6.22. The number of carbonyl (C=O) groups is 3. The number of rotatable bonds is 7. The average molecular weight is 512 g/mol. The number of hydrogen-bond acceptors (Lipinski definition) is 9. The minimum absolute atomic E-state index is 0.117. The maximum Gasteiger partial charge on any atom is 0.335 e. The van der Waals surface area contributed by atoms with Gasteiger partial charge in [0.25, 0.3) is 5.19 Å². The minimum atomic E-state index is -2.27. The Morgan fingerprint density at radius 3 is 2.23 bits per heavy atom. The molecule has 3 unspecified atom stereocenters. The third kappa shape index (κ3) is 6.49. The van der Waals surface area contributed by atoms with Crippen molar-refractivity contribution in [2.24, 2.45) is 5.92 Å². The van der Waals surface area contributed by atoms with Crippen LogP contribution in [0.5, 0.6) is 5.19 Å². The molecule has 1 aromatic heterocycles. The number of aliphatic hydroxyl groups is 2. The van der Waals surface area contributed by atoms with Crippen LogP contribution in [-0.2, 0) is 27.3 Å². The highest BCUT2D eigenvalue weighted by atomic mass is 32.1. The predicted octanol–water partition coefficient (Wildman–Crippen LogP) is 0.711. The zero-order valence-corrected chi connectivity index (χ0v) is 20.4. The van der Waals surface area contributed by atoms with Crippen LogP contribution in [0.4, 0.5) is 0 Å². The Balaban J connectivity index is 0.000000248. The highest BCUT2D eigenvalue weighted by molar-refractivity contribution is 7.13.